The minimum Gasteiger partial charge on any atom is -0.496 e. The molecule has 0 fully saturated rings. The molecule has 5 nitrogen and oxygen atoms in total. The smallest absolute Gasteiger partial charge is 0.276 e. The summed E-state index contributed by atoms with van der Waals surface area (Å²) in [6.45, 7) is 1.79. The first-order valence-corrected chi connectivity index (χ1v) is 5.54. The van der Waals surface area contributed by atoms with Crippen LogP contribution in [-0.4, -0.2) is 23.2 Å². The fraction of sp³-hybridized carbons (Fsp3) is 0.167. The van der Waals surface area contributed by atoms with Crippen LogP contribution in [0.5, 0.6) is 5.75 Å². The molecule has 1 aromatic heterocycles. The molecule has 6 heteroatoms. The Balaban J connectivity index is 2.86. The average Bonchev–Trinajstić information content (AvgIpc) is 2.36. The predicted molar refractivity (Wildman–Crippen MR) is 67.3 cm³/mol. The number of carbonyl (C=O) groups is 1. The molecule has 94 valence electrons. The third-order valence-electron chi connectivity index (χ3n) is 2.53. The van der Waals surface area contributed by atoms with Crippen molar-refractivity contribution in [3.8, 4) is 5.75 Å². The maximum atomic E-state index is 11.6. The van der Waals surface area contributed by atoms with Crippen LogP contribution in [0, 0.1) is 6.92 Å². The van der Waals surface area contributed by atoms with Gasteiger partial charge in [-0.3, -0.25) is 15.0 Å². The summed E-state index contributed by atoms with van der Waals surface area (Å²) in [7, 11) is 1.53. The molecule has 0 unspecified atom stereocenters. The van der Waals surface area contributed by atoms with Crippen molar-refractivity contribution >= 4 is 28.4 Å². The van der Waals surface area contributed by atoms with Crippen molar-refractivity contribution in [2.45, 2.75) is 6.92 Å². The highest BCUT2D eigenvalue weighted by molar-refractivity contribution is 6.32. The Morgan fingerprint density at radius 2 is 2.17 bits per heavy atom. The van der Waals surface area contributed by atoms with E-state index in [0.29, 0.717) is 27.4 Å². The van der Waals surface area contributed by atoms with E-state index in [1.165, 1.54) is 13.2 Å². The van der Waals surface area contributed by atoms with Gasteiger partial charge in [0.1, 0.15) is 5.75 Å². The number of hydroxylamine groups is 1. The largest absolute Gasteiger partial charge is 0.496 e. The van der Waals surface area contributed by atoms with E-state index in [-0.39, 0.29) is 5.56 Å². The van der Waals surface area contributed by atoms with E-state index in [1.54, 1.807) is 24.5 Å². The number of hydrogen-bond acceptors (Lipinski definition) is 4. The average molecular weight is 267 g/mol. The van der Waals surface area contributed by atoms with Gasteiger partial charge in [0.2, 0.25) is 0 Å². The Hall–Kier alpha value is -1.85. The van der Waals surface area contributed by atoms with Crippen LogP contribution in [0.1, 0.15) is 16.1 Å². The number of nitrogens with zero attached hydrogens (tertiary/aromatic N) is 1. The van der Waals surface area contributed by atoms with E-state index in [0.717, 1.165) is 0 Å². The fourth-order valence-electron chi connectivity index (χ4n) is 1.79. The van der Waals surface area contributed by atoms with E-state index in [2.05, 4.69) is 4.98 Å². The lowest BCUT2D eigenvalue weighted by atomic mass is 10.1. The number of ether oxygens (including phenoxy) is 1. The van der Waals surface area contributed by atoms with E-state index in [4.69, 9.17) is 21.5 Å². The number of pyridine rings is 1. The molecule has 1 heterocycles. The first kappa shape index (κ1) is 12.6. The second kappa shape index (κ2) is 4.80. The predicted octanol–water partition coefficient (Wildman–Crippen LogP) is 2.32. The van der Waals surface area contributed by atoms with E-state index in [1.807, 2.05) is 0 Å². The SMILES string of the molecule is COc1cc(C)nc2c(C(=O)NO)cc(Cl)cc12. The lowest BCUT2D eigenvalue weighted by Gasteiger charge is -2.10. The van der Waals surface area contributed by atoms with Crippen molar-refractivity contribution in [2.75, 3.05) is 7.11 Å². The molecule has 2 N–H and O–H groups in total. The second-order valence-electron chi connectivity index (χ2n) is 3.76. The fourth-order valence-corrected chi connectivity index (χ4v) is 2.00. The van der Waals surface area contributed by atoms with Gasteiger partial charge >= 0.3 is 0 Å². The van der Waals surface area contributed by atoms with Gasteiger partial charge in [-0.25, -0.2) is 5.48 Å². The molecule has 2 aromatic rings. The van der Waals surface area contributed by atoms with Gasteiger partial charge in [-0.2, -0.15) is 0 Å². The molecule has 0 bridgehead atoms. The number of halogens is 1. The number of aromatic nitrogens is 1. The Kier molecular flexibility index (Phi) is 3.36. The Morgan fingerprint density at radius 3 is 2.78 bits per heavy atom. The molecule has 1 aromatic carbocycles. The van der Waals surface area contributed by atoms with Crippen molar-refractivity contribution in [3.05, 3.63) is 34.5 Å². The summed E-state index contributed by atoms with van der Waals surface area (Å²) >= 11 is 5.95. The maximum absolute atomic E-state index is 11.6. The van der Waals surface area contributed by atoms with Gasteiger partial charge in [-0.05, 0) is 19.1 Å². The molecule has 0 saturated heterocycles. The van der Waals surface area contributed by atoms with Crippen molar-refractivity contribution in [1.29, 1.82) is 0 Å². The second-order valence-corrected chi connectivity index (χ2v) is 4.19. The van der Waals surface area contributed by atoms with Gasteiger partial charge in [0, 0.05) is 22.2 Å². The lowest BCUT2D eigenvalue weighted by Crippen LogP contribution is -2.19. The zero-order chi connectivity index (χ0) is 13.3. The molecule has 0 spiro atoms. The van der Waals surface area contributed by atoms with Crippen molar-refractivity contribution < 1.29 is 14.7 Å². The molecule has 0 aliphatic heterocycles. The van der Waals surface area contributed by atoms with Crippen LogP contribution in [-0.2, 0) is 0 Å². The molecule has 0 aliphatic rings. The number of methoxy groups -OCH3 is 1. The van der Waals surface area contributed by atoms with Crippen molar-refractivity contribution in [1.82, 2.24) is 10.5 Å². The number of fused-ring (bicyclic) bond motifs is 1. The Morgan fingerprint density at radius 1 is 1.44 bits per heavy atom. The maximum Gasteiger partial charge on any atom is 0.276 e. The molecular formula is C12H11ClN2O3. The zero-order valence-electron chi connectivity index (χ0n) is 9.82. The minimum absolute atomic E-state index is 0.196. The number of carbonyl (C=O) groups excluding carboxylic acids is 1. The highest BCUT2D eigenvalue weighted by Crippen LogP contribution is 2.30. The summed E-state index contributed by atoms with van der Waals surface area (Å²) in [5.41, 5.74) is 2.91. The van der Waals surface area contributed by atoms with Gasteiger partial charge in [0.15, 0.2) is 0 Å². The van der Waals surface area contributed by atoms with Gasteiger partial charge in [-0.1, -0.05) is 11.6 Å². The zero-order valence-corrected chi connectivity index (χ0v) is 10.6. The van der Waals surface area contributed by atoms with Gasteiger partial charge in [0.25, 0.3) is 5.91 Å². The molecule has 0 aliphatic carbocycles. The summed E-state index contributed by atoms with van der Waals surface area (Å²) in [4.78, 5) is 15.9. The molecule has 18 heavy (non-hydrogen) atoms. The lowest BCUT2D eigenvalue weighted by molar-refractivity contribution is 0.0708. The van der Waals surface area contributed by atoms with Crippen LogP contribution in [0.3, 0.4) is 0 Å². The highest BCUT2D eigenvalue weighted by Gasteiger charge is 2.15. The van der Waals surface area contributed by atoms with Crippen LogP contribution in [0.2, 0.25) is 5.02 Å². The summed E-state index contributed by atoms with van der Waals surface area (Å²) in [6.07, 6.45) is 0. The van der Waals surface area contributed by atoms with Crippen LogP contribution >= 0.6 is 11.6 Å². The summed E-state index contributed by atoms with van der Waals surface area (Å²) in [5, 5.41) is 9.72. The molecule has 0 atom stereocenters. The summed E-state index contributed by atoms with van der Waals surface area (Å²) in [6, 6.07) is 4.86. The molecule has 0 saturated carbocycles. The molecular weight excluding hydrogens is 256 g/mol. The van der Waals surface area contributed by atoms with Crippen LogP contribution in [0.15, 0.2) is 18.2 Å². The van der Waals surface area contributed by atoms with Gasteiger partial charge < -0.3 is 4.74 Å². The van der Waals surface area contributed by atoms with E-state index < -0.39 is 5.91 Å². The van der Waals surface area contributed by atoms with Gasteiger partial charge in [0.05, 0.1) is 18.2 Å². The first-order valence-electron chi connectivity index (χ1n) is 5.16. The highest BCUT2D eigenvalue weighted by atomic mass is 35.5. The molecule has 2 rings (SSSR count). The summed E-state index contributed by atoms with van der Waals surface area (Å²) < 4.78 is 5.24. The van der Waals surface area contributed by atoms with Crippen LogP contribution in [0.25, 0.3) is 10.9 Å². The van der Waals surface area contributed by atoms with E-state index >= 15 is 0 Å². The molecule has 0 radical (unpaired) electrons. The topological polar surface area (TPSA) is 71.5 Å². The third-order valence-corrected chi connectivity index (χ3v) is 2.75. The van der Waals surface area contributed by atoms with Crippen LogP contribution < -0.4 is 10.2 Å². The monoisotopic (exact) mass is 266 g/mol. The Bertz CT molecular complexity index is 628. The number of benzene rings is 1. The third kappa shape index (κ3) is 2.10. The number of hydrogen-bond donors (Lipinski definition) is 2. The number of amides is 1. The van der Waals surface area contributed by atoms with Crippen molar-refractivity contribution in [3.63, 3.8) is 0 Å². The quantitative estimate of drug-likeness (QED) is 0.646. The number of aryl methyl sites for hydroxylation is 1. The normalized spacial score (nSPS) is 10.4. The number of nitrogens with one attached hydrogen (secondary N) is 1. The van der Waals surface area contributed by atoms with Crippen LogP contribution in [0.4, 0.5) is 0 Å². The molecule has 1 amide bonds. The van der Waals surface area contributed by atoms with Gasteiger partial charge in [-0.15, -0.1) is 0 Å². The van der Waals surface area contributed by atoms with Crippen molar-refractivity contribution in [2.24, 2.45) is 0 Å². The number of rotatable bonds is 2. The summed E-state index contributed by atoms with van der Waals surface area (Å²) in [5.74, 6) is -0.0883. The Labute approximate surface area is 108 Å². The first-order chi connectivity index (χ1) is 8.56. The van der Waals surface area contributed by atoms with E-state index in [9.17, 15) is 4.79 Å². The minimum atomic E-state index is -0.664. The standard InChI is InChI=1S/C12H11ClN2O3/c1-6-3-10(18-2)8-4-7(13)5-9(11(8)14-6)12(16)15-17/h3-5,17H,1-2H3,(H,15,16).